The predicted octanol–water partition coefficient (Wildman–Crippen LogP) is -1.68. The van der Waals surface area contributed by atoms with E-state index < -0.39 is 0 Å². The van der Waals surface area contributed by atoms with Gasteiger partial charge in [0.25, 0.3) is 0 Å². The molecule has 17 heavy (non-hydrogen) atoms. The lowest BCUT2D eigenvalue weighted by Crippen LogP contribution is -2.64. The third kappa shape index (κ3) is 1.85. The molecule has 7 nitrogen and oxygen atoms in total. The SMILES string of the molecule is Cn1nncc1C(NN)C1CN2CCN1CC2. The summed E-state index contributed by atoms with van der Waals surface area (Å²) >= 11 is 0. The fourth-order valence-corrected chi connectivity index (χ4v) is 2.95. The molecule has 0 radical (unpaired) electrons. The van der Waals surface area contributed by atoms with Gasteiger partial charge in [-0.25, -0.2) is 5.43 Å². The fraction of sp³-hybridized carbons (Fsp3) is 0.800. The average molecular weight is 237 g/mol. The third-order valence-electron chi connectivity index (χ3n) is 3.95. The van der Waals surface area contributed by atoms with Gasteiger partial charge in [-0.2, -0.15) is 0 Å². The summed E-state index contributed by atoms with van der Waals surface area (Å²) in [6, 6.07) is 0.512. The number of nitrogens with one attached hydrogen (secondary N) is 1. The van der Waals surface area contributed by atoms with Crippen LogP contribution in [0.1, 0.15) is 11.7 Å². The molecule has 1 aromatic rings. The van der Waals surface area contributed by atoms with Crippen LogP contribution in [0.15, 0.2) is 6.20 Å². The summed E-state index contributed by atoms with van der Waals surface area (Å²) in [5, 5.41) is 7.91. The lowest BCUT2D eigenvalue weighted by molar-refractivity contribution is -0.00487. The first-order chi connectivity index (χ1) is 8.29. The maximum absolute atomic E-state index is 5.73. The molecule has 3 N–H and O–H groups in total. The van der Waals surface area contributed by atoms with E-state index in [2.05, 4.69) is 25.5 Å². The fourth-order valence-electron chi connectivity index (χ4n) is 2.95. The van der Waals surface area contributed by atoms with Crippen LogP contribution in [-0.4, -0.2) is 63.6 Å². The molecule has 3 saturated heterocycles. The zero-order valence-electron chi connectivity index (χ0n) is 10.1. The van der Waals surface area contributed by atoms with Gasteiger partial charge in [-0.3, -0.25) is 20.3 Å². The van der Waals surface area contributed by atoms with Crippen LogP contribution in [-0.2, 0) is 7.05 Å². The number of piperazine rings is 3. The van der Waals surface area contributed by atoms with Gasteiger partial charge in [0, 0.05) is 45.8 Å². The Morgan fingerprint density at radius 1 is 1.41 bits per heavy atom. The van der Waals surface area contributed by atoms with Crippen LogP contribution >= 0.6 is 0 Å². The minimum atomic E-state index is 0.0955. The van der Waals surface area contributed by atoms with Gasteiger partial charge in [-0.15, -0.1) is 5.10 Å². The number of fused-ring (bicyclic) bond motifs is 3. The summed E-state index contributed by atoms with van der Waals surface area (Å²) in [7, 11) is 1.91. The van der Waals surface area contributed by atoms with Crippen molar-refractivity contribution in [3.8, 4) is 0 Å². The average Bonchev–Trinajstić information content (AvgIpc) is 2.79. The molecule has 2 unspecified atom stereocenters. The summed E-state index contributed by atoms with van der Waals surface area (Å²) < 4.78 is 1.79. The largest absolute Gasteiger partial charge is 0.299 e. The minimum absolute atomic E-state index is 0.0955. The first-order valence-corrected chi connectivity index (χ1v) is 6.06. The van der Waals surface area contributed by atoms with E-state index in [1.807, 2.05) is 7.05 Å². The Labute approximate surface area is 101 Å². The molecule has 0 spiro atoms. The Hall–Kier alpha value is -1.02. The van der Waals surface area contributed by atoms with Crippen LogP contribution in [0.3, 0.4) is 0 Å². The quantitative estimate of drug-likeness (QED) is 0.483. The summed E-state index contributed by atoms with van der Waals surface area (Å²) in [6.45, 7) is 5.69. The molecule has 4 heterocycles. The number of hydrogen-bond acceptors (Lipinski definition) is 6. The highest BCUT2D eigenvalue weighted by Gasteiger charge is 2.38. The number of rotatable bonds is 3. The molecule has 2 atom stereocenters. The molecule has 0 amide bonds. The van der Waals surface area contributed by atoms with Crippen molar-refractivity contribution >= 4 is 0 Å². The number of hydrazine groups is 1. The van der Waals surface area contributed by atoms with Crippen molar-refractivity contribution in [2.45, 2.75) is 12.1 Å². The van der Waals surface area contributed by atoms with Gasteiger partial charge in [0.15, 0.2) is 0 Å². The van der Waals surface area contributed by atoms with Gasteiger partial charge in [0.05, 0.1) is 17.9 Å². The van der Waals surface area contributed by atoms with Gasteiger partial charge < -0.3 is 0 Å². The second-order valence-electron chi connectivity index (χ2n) is 4.83. The molecule has 2 bridgehead atoms. The number of nitrogens with two attached hydrogens (primary N) is 1. The number of hydrogen-bond donors (Lipinski definition) is 2. The Bertz CT molecular complexity index is 382. The van der Waals surface area contributed by atoms with Gasteiger partial charge in [0.1, 0.15) is 0 Å². The second-order valence-corrected chi connectivity index (χ2v) is 4.83. The van der Waals surface area contributed by atoms with Crippen molar-refractivity contribution in [1.82, 2.24) is 30.2 Å². The molecule has 3 aliphatic heterocycles. The Morgan fingerprint density at radius 3 is 2.65 bits per heavy atom. The van der Waals surface area contributed by atoms with E-state index in [9.17, 15) is 0 Å². The number of aromatic nitrogens is 3. The first kappa shape index (κ1) is 11.1. The van der Waals surface area contributed by atoms with Gasteiger partial charge in [0.2, 0.25) is 0 Å². The molecule has 0 saturated carbocycles. The first-order valence-electron chi connectivity index (χ1n) is 6.06. The van der Waals surface area contributed by atoms with Crippen LogP contribution in [0.4, 0.5) is 0 Å². The topological polar surface area (TPSA) is 75.2 Å². The van der Waals surface area contributed by atoms with Crippen molar-refractivity contribution in [1.29, 1.82) is 0 Å². The summed E-state index contributed by atoms with van der Waals surface area (Å²) in [5.41, 5.74) is 3.98. The standard InChI is InChI=1S/C10H19N7/c1-15-8(6-12-14-15)10(13-11)9-7-16-2-4-17(9)5-3-16/h6,9-10,13H,2-5,7,11H2,1H3. The monoisotopic (exact) mass is 237 g/mol. The lowest BCUT2D eigenvalue weighted by atomic mass is 9.98. The normalized spacial score (nSPS) is 33.9. The van der Waals surface area contributed by atoms with E-state index in [1.54, 1.807) is 10.9 Å². The van der Waals surface area contributed by atoms with Crippen molar-refractivity contribution in [2.24, 2.45) is 12.9 Å². The molecule has 0 aromatic carbocycles. The molecule has 7 heteroatoms. The molecule has 3 aliphatic rings. The predicted molar refractivity (Wildman–Crippen MR) is 62.9 cm³/mol. The van der Waals surface area contributed by atoms with Crippen molar-refractivity contribution in [3.63, 3.8) is 0 Å². The van der Waals surface area contributed by atoms with Crippen LogP contribution < -0.4 is 11.3 Å². The van der Waals surface area contributed by atoms with Crippen molar-refractivity contribution < 1.29 is 0 Å². The highest BCUT2D eigenvalue weighted by atomic mass is 15.4. The molecule has 4 rings (SSSR count). The van der Waals surface area contributed by atoms with Crippen LogP contribution in [0.5, 0.6) is 0 Å². The molecular weight excluding hydrogens is 218 g/mol. The van der Waals surface area contributed by atoms with E-state index in [0.29, 0.717) is 6.04 Å². The molecule has 1 aromatic heterocycles. The van der Waals surface area contributed by atoms with Gasteiger partial charge >= 0.3 is 0 Å². The van der Waals surface area contributed by atoms with E-state index in [-0.39, 0.29) is 6.04 Å². The molecule has 3 fully saturated rings. The molecule has 0 aliphatic carbocycles. The molecular formula is C10H19N7. The summed E-state index contributed by atoms with van der Waals surface area (Å²) in [4.78, 5) is 5.01. The van der Waals surface area contributed by atoms with Gasteiger partial charge in [-0.1, -0.05) is 5.21 Å². The zero-order chi connectivity index (χ0) is 11.8. The Kier molecular flexibility index (Phi) is 2.83. The second kappa shape index (κ2) is 4.34. The van der Waals surface area contributed by atoms with Crippen LogP contribution in [0, 0.1) is 0 Å². The highest BCUT2D eigenvalue weighted by molar-refractivity contribution is 5.08. The Balaban J connectivity index is 1.84. The van der Waals surface area contributed by atoms with Gasteiger partial charge in [-0.05, 0) is 0 Å². The Morgan fingerprint density at radius 2 is 2.18 bits per heavy atom. The van der Waals surface area contributed by atoms with E-state index >= 15 is 0 Å². The van der Waals surface area contributed by atoms with Crippen LogP contribution in [0.2, 0.25) is 0 Å². The number of nitrogens with zero attached hydrogens (tertiary/aromatic N) is 5. The lowest BCUT2D eigenvalue weighted by Gasteiger charge is -2.49. The van der Waals surface area contributed by atoms with Crippen molar-refractivity contribution in [3.05, 3.63) is 11.9 Å². The van der Waals surface area contributed by atoms with E-state index in [1.165, 1.54) is 13.1 Å². The zero-order valence-corrected chi connectivity index (χ0v) is 10.1. The minimum Gasteiger partial charge on any atom is -0.299 e. The number of aryl methyl sites for hydroxylation is 1. The maximum Gasteiger partial charge on any atom is 0.0812 e. The van der Waals surface area contributed by atoms with Crippen molar-refractivity contribution in [2.75, 3.05) is 32.7 Å². The summed E-state index contributed by atoms with van der Waals surface area (Å²) in [6.07, 6.45) is 1.79. The maximum atomic E-state index is 5.73. The third-order valence-corrected chi connectivity index (χ3v) is 3.95. The summed E-state index contributed by atoms with van der Waals surface area (Å²) in [5.74, 6) is 5.73. The van der Waals surface area contributed by atoms with E-state index in [0.717, 1.165) is 25.3 Å². The highest BCUT2D eigenvalue weighted by Crippen LogP contribution is 2.25. The van der Waals surface area contributed by atoms with Crippen LogP contribution in [0.25, 0.3) is 0 Å². The van der Waals surface area contributed by atoms with E-state index in [4.69, 9.17) is 5.84 Å². The smallest absolute Gasteiger partial charge is 0.0812 e. The molecule has 94 valence electrons.